The Morgan fingerprint density at radius 1 is 1.38 bits per heavy atom. The van der Waals surface area contributed by atoms with Gasteiger partial charge in [0.25, 0.3) is 0 Å². The molecule has 5 heteroatoms. The predicted octanol–water partition coefficient (Wildman–Crippen LogP) is 1.86. The molecule has 1 aliphatic rings. The fraction of sp³-hybridized carbons (Fsp3) is 0.375. The molecule has 110 valence electrons. The van der Waals surface area contributed by atoms with E-state index in [1.807, 2.05) is 18.3 Å². The topological polar surface area (TPSA) is 82.2 Å². The monoisotopic (exact) mass is 286 g/mol. The van der Waals surface area contributed by atoms with Crippen LogP contribution >= 0.6 is 0 Å². The second-order valence-electron chi connectivity index (χ2n) is 5.64. The van der Waals surface area contributed by atoms with Crippen LogP contribution in [0.5, 0.6) is 0 Å². The standard InChI is InChI=1S/C16H18N2O3/c1-9-3-2-4-13-14(9)10(8-18-13)5-6-17-15(19)11-7-12(11)16(20)21/h2-4,8,11-12,18H,5-7H2,1H3,(H,17,19)(H,20,21)/t11-,12+/m1/s1. The summed E-state index contributed by atoms with van der Waals surface area (Å²) >= 11 is 0. The van der Waals surface area contributed by atoms with E-state index in [1.165, 1.54) is 16.5 Å². The molecule has 21 heavy (non-hydrogen) atoms. The first-order valence-electron chi connectivity index (χ1n) is 7.14. The predicted molar refractivity (Wildman–Crippen MR) is 79.0 cm³/mol. The Balaban J connectivity index is 1.58. The Kier molecular flexibility index (Phi) is 3.41. The van der Waals surface area contributed by atoms with Crippen molar-refractivity contribution in [1.82, 2.24) is 10.3 Å². The number of hydrogen-bond acceptors (Lipinski definition) is 2. The fourth-order valence-corrected chi connectivity index (χ4v) is 2.86. The zero-order chi connectivity index (χ0) is 15.0. The smallest absolute Gasteiger partial charge is 0.307 e. The van der Waals surface area contributed by atoms with Crippen LogP contribution in [0.2, 0.25) is 0 Å². The Bertz CT molecular complexity index is 705. The van der Waals surface area contributed by atoms with Crippen LogP contribution in [0, 0.1) is 18.8 Å². The van der Waals surface area contributed by atoms with Crippen molar-refractivity contribution >= 4 is 22.8 Å². The number of carboxylic acids is 1. The lowest BCUT2D eigenvalue weighted by Gasteiger charge is -2.05. The first-order chi connectivity index (χ1) is 10.1. The molecule has 0 saturated heterocycles. The summed E-state index contributed by atoms with van der Waals surface area (Å²) in [5.74, 6) is -1.84. The molecule has 2 aromatic rings. The highest BCUT2D eigenvalue weighted by molar-refractivity contribution is 5.89. The maximum absolute atomic E-state index is 11.8. The summed E-state index contributed by atoms with van der Waals surface area (Å²) < 4.78 is 0. The third-order valence-electron chi connectivity index (χ3n) is 4.13. The molecular weight excluding hydrogens is 268 g/mol. The van der Waals surface area contributed by atoms with Crippen molar-refractivity contribution < 1.29 is 14.7 Å². The minimum atomic E-state index is -0.873. The van der Waals surface area contributed by atoms with Gasteiger partial charge in [0.2, 0.25) is 5.91 Å². The molecule has 1 aromatic heterocycles. The number of benzene rings is 1. The zero-order valence-corrected chi connectivity index (χ0v) is 11.8. The van der Waals surface area contributed by atoms with Crippen molar-refractivity contribution in [2.45, 2.75) is 19.8 Å². The molecule has 2 atom stereocenters. The number of amides is 1. The van der Waals surface area contributed by atoms with Crippen molar-refractivity contribution in [2.24, 2.45) is 11.8 Å². The van der Waals surface area contributed by atoms with E-state index in [4.69, 9.17) is 5.11 Å². The van der Waals surface area contributed by atoms with E-state index in [1.54, 1.807) is 0 Å². The number of rotatable bonds is 5. The third kappa shape index (κ3) is 2.63. The van der Waals surface area contributed by atoms with Gasteiger partial charge in [-0.15, -0.1) is 0 Å². The molecule has 0 aliphatic heterocycles. The zero-order valence-electron chi connectivity index (χ0n) is 11.8. The van der Waals surface area contributed by atoms with Gasteiger partial charge in [0.15, 0.2) is 0 Å². The van der Waals surface area contributed by atoms with Crippen molar-refractivity contribution in [3.05, 3.63) is 35.5 Å². The molecule has 1 aromatic carbocycles. The van der Waals surface area contributed by atoms with Crippen LogP contribution in [-0.4, -0.2) is 28.5 Å². The van der Waals surface area contributed by atoms with E-state index in [9.17, 15) is 9.59 Å². The largest absolute Gasteiger partial charge is 0.481 e. The van der Waals surface area contributed by atoms with Crippen molar-refractivity contribution in [3.8, 4) is 0 Å². The lowest BCUT2D eigenvalue weighted by molar-refractivity contribution is -0.140. The van der Waals surface area contributed by atoms with Crippen molar-refractivity contribution in [1.29, 1.82) is 0 Å². The number of nitrogens with one attached hydrogen (secondary N) is 2. The van der Waals surface area contributed by atoms with Crippen LogP contribution in [0.3, 0.4) is 0 Å². The van der Waals surface area contributed by atoms with E-state index in [0.29, 0.717) is 13.0 Å². The van der Waals surface area contributed by atoms with Crippen LogP contribution in [0.1, 0.15) is 17.5 Å². The Hall–Kier alpha value is -2.30. The van der Waals surface area contributed by atoms with Gasteiger partial charge in [0.1, 0.15) is 0 Å². The maximum Gasteiger partial charge on any atom is 0.307 e. The van der Waals surface area contributed by atoms with Crippen molar-refractivity contribution in [3.63, 3.8) is 0 Å². The van der Waals surface area contributed by atoms with E-state index in [-0.39, 0.29) is 11.8 Å². The van der Waals surface area contributed by atoms with Gasteiger partial charge in [-0.3, -0.25) is 9.59 Å². The van der Waals surface area contributed by atoms with Gasteiger partial charge in [0, 0.05) is 23.6 Å². The first kappa shape index (κ1) is 13.7. The number of aryl methyl sites for hydroxylation is 1. The van der Waals surface area contributed by atoms with Gasteiger partial charge in [0.05, 0.1) is 11.8 Å². The first-order valence-corrected chi connectivity index (χ1v) is 7.14. The maximum atomic E-state index is 11.8. The van der Waals surface area contributed by atoms with Gasteiger partial charge in [-0.1, -0.05) is 12.1 Å². The number of aliphatic carboxylic acids is 1. The van der Waals surface area contributed by atoms with Crippen LogP contribution in [0.4, 0.5) is 0 Å². The number of carboxylic acid groups (broad SMARTS) is 1. The van der Waals surface area contributed by atoms with Gasteiger partial charge in [-0.25, -0.2) is 0 Å². The summed E-state index contributed by atoms with van der Waals surface area (Å²) in [6, 6.07) is 6.12. The van der Waals surface area contributed by atoms with E-state index in [2.05, 4.69) is 23.3 Å². The minimum Gasteiger partial charge on any atom is -0.481 e. The Labute approximate surface area is 122 Å². The van der Waals surface area contributed by atoms with Gasteiger partial charge in [-0.05, 0) is 37.0 Å². The highest BCUT2D eigenvalue weighted by Crippen LogP contribution is 2.38. The summed E-state index contributed by atoms with van der Waals surface area (Å²) in [6.45, 7) is 2.60. The molecule has 1 heterocycles. The average Bonchev–Trinajstić information content (AvgIpc) is 3.15. The molecule has 1 fully saturated rings. The number of carbonyl (C=O) groups excluding carboxylic acids is 1. The number of aromatic amines is 1. The lowest BCUT2D eigenvalue weighted by atomic mass is 10.1. The summed E-state index contributed by atoms with van der Waals surface area (Å²) in [5, 5.41) is 12.9. The third-order valence-corrected chi connectivity index (χ3v) is 4.13. The number of fused-ring (bicyclic) bond motifs is 1. The quantitative estimate of drug-likeness (QED) is 0.784. The van der Waals surface area contributed by atoms with Crippen LogP contribution < -0.4 is 5.32 Å². The van der Waals surface area contributed by atoms with Crippen LogP contribution in [0.25, 0.3) is 10.9 Å². The molecule has 0 spiro atoms. The second kappa shape index (κ2) is 5.24. The summed E-state index contributed by atoms with van der Waals surface area (Å²) in [6.07, 6.45) is 3.18. The Morgan fingerprint density at radius 3 is 2.90 bits per heavy atom. The Morgan fingerprint density at radius 2 is 2.19 bits per heavy atom. The fourth-order valence-electron chi connectivity index (χ4n) is 2.86. The van der Waals surface area contributed by atoms with E-state index >= 15 is 0 Å². The summed E-state index contributed by atoms with van der Waals surface area (Å²) in [4.78, 5) is 25.8. The molecule has 0 unspecified atom stereocenters. The SMILES string of the molecule is Cc1cccc2[nH]cc(CCNC(=O)[C@@H]3C[C@@H]3C(=O)O)c12. The number of aromatic nitrogens is 1. The molecule has 5 nitrogen and oxygen atoms in total. The number of H-pyrrole nitrogens is 1. The highest BCUT2D eigenvalue weighted by Gasteiger charge is 2.48. The number of carbonyl (C=O) groups is 2. The van der Waals surface area contributed by atoms with Gasteiger partial charge >= 0.3 is 5.97 Å². The molecular formula is C16H18N2O3. The van der Waals surface area contributed by atoms with Gasteiger partial charge in [-0.2, -0.15) is 0 Å². The molecule has 3 rings (SSSR count). The van der Waals surface area contributed by atoms with Crippen LogP contribution in [-0.2, 0) is 16.0 Å². The average molecular weight is 286 g/mol. The van der Waals surface area contributed by atoms with Gasteiger partial charge < -0.3 is 15.4 Å². The molecule has 1 aliphatic carbocycles. The highest BCUT2D eigenvalue weighted by atomic mass is 16.4. The summed E-state index contributed by atoms with van der Waals surface area (Å²) in [5.41, 5.74) is 3.49. The molecule has 0 bridgehead atoms. The van der Waals surface area contributed by atoms with E-state index < -0.39 is 11.9 Å². The van der Waals surface area contributed by atoms with Crippen LogP contribution in [0.15, 0.2) is 24.4 Å². The summed E-state index contributed by atoms with van der Waals surface area (Å²) in [7, 11) is 0. The van der Waals surface area contributed by atoms with E-state index in [0.717, 1.165) is 11.9 Å². The molecule has 1 saturated carbocycles. The lowest BCUT2D eigenvalue weighted by Crippen LogP contribution is -2.28. The molecule has 3 N–H and O–H groups in total. The minimum absolute atomic E-state index is 0.140. The normalized spacial score (nSPS) is 20.4. The second-order valence-corrected chi connectivity index (χ2v) is 5.64. The van der Waals surface area contributed by atoms with Crippen molar-refractivity contribution in [2.75, 3.05) is 6.54 Å². The molecule has 0 radical (unpaired) electrons. The molecule has 1 amide bonds. The number of hydrogen-bond donors (Lipinski definition) is 3.